The first-order valence-corrected chi connectivity index (χ1v) is 8.64. The second-order valence-electron chi connectivity index (χ2n) is 8.11. The standard InChI is InChI=1S/C19H22O5/c1-10-8-17-9-18(10,22)5-4-13(17)19-6-3-11(24-19)7-12(19)14(15(17)20)16(21)23-2/h3,6,11,13,15,20,22H,1,4-5,7-9H2,2H3/t11-,13-,15+,17+,18+,19+/m1/s1. The Hall–Kier alpha value is -1.43. The molecule has 2 aliphatic heterocycles. The molecule has 5 nitrogen and oxygen atoms in total. The van der Waals surface area contributed by atoms with E-state index in [1.54, 1.807) is 0 Å². The lowest BCUT2D eigenvalue weighted by Crippen LogP contribution is -2.59. The van der Waals surface area contributed by atoms with Gasteiger partial charge in [-0.2, -0.15) is 0 Å². The molecule has 2 spiro atoms. The normalized spacial score (nSPS) is 51.0. The summed E-state index contributed by atoms with van der Waals surface area (Å²) in [5, 5.41) is 22.2. The fourth-order valence-corrected chi connectivity index (χ4v) is 6.25. The highest BCUT2D eigenvalue weighted by atomic mass is 16.5. The van der Waals surface area contributed by atoms with Crippen molar-refractivity contribution in [1.82, 2.24) is 0 Å². The molecule has 2 N–H and O–H groups in total. The van der Waals surface area contributed by atoms with E-state index >= 15 is 0 Å². The van der Waals surface area contributed by atoms with E-state index in [2.05, 4.69) is 18.7 Å². The van der Waals surface area contributed by atoms with Crippen LogP contribution in [0.3, 0.4) is 0 Å². The molecule has 2 saturated carbocycles. The van der Waals surface area contributed by atoms with Crippen LogP contribution in [0.1, 0.15) is 32.1 Å². The van der Waals surface area contributed by atoms with Gasteiger partial charge >= 0.3 is 5.97 Å². The predicted molar refractivity (Wildman–Crippen MR) is 84.9 cm³/mol. The Morgan fingerprint density at radius 1 is 1.50 bits per heavy atom. The van der Waals surface area contributed by atoms with Crippen LogP contribution in [-0.4, -0.2) is 46.7 Å². The SMILES string of the molecule is C=C1C[C@]23C[C@@]1(O)CC[C@H]2[C@]12C=C[C@H](CC1=C(C(=O)OC)[C@@H]3O)O2. The maximum absolute atomic E-state index is 12.5. The van der Waals surface area contributed by atoms with Gasteiger partial charge in [0.1, 0.15) is 5.60 Å². The molecule has 4 bridgehead atoms. The zero-order valence-corrected chi connectivity index (χ0v) is 13.7. The van der Waals surface area contributed by atoms with Crippen LogP contribution in [0.5, 0.6) is 0 Å². The van der Waals surface area contributed by atoms with Gasteiger partial charge in [-0.1, -0.05) is 12.7 Å². The second kappa shape index (κ2) is 4.21. The number of esters is 1. The first-order chi connectivity index (χ1) is 11.4. The largest absolute Gasteiger partial charge is 0.466 e. The van der Waals surface area contributed by atoms with E-state index in [0.717, 1.165) is 17.6 Å². The number of carbonyl (C=O) groups is 1. The van der Waals surface area contributed by atoms with Crippen molar-refractivity contribution in [2.24, 2.45) is 11.3 Å². The van der Waals surface area contributed by atoms with Gasteiger partial charge in [0.25, 0.3) is 0 Å². The van der Waals surface area contributed by atoms with Crippen LogP contribution in [0.4, 0.5) is 0 Å². The van der Waals surface area contributed by atoms with E-state index in [4.69, 9.17) is 9.47 Å². The zero-order valence-electron chi connectivity index (χ0n) is 13.7. The van der Waals surface area contributed by atoms with Gasteiger partial charge < -0.3 is 19.7 Å². The lowest BCUT2D eigenvalue weighted by molar-refractivity contribution is -0.152. The van der Waals surface area contributed by atoms with E-state index in [0.29, 0.717) is 31.3 Å². The smallest absolute Gasteiger partial charge is 0.336 e. The van der Waals surface area contributed by atoms with E-state index in [9.17, 15) is 15.0 Å². The summed E-state index contributed by atoms with van der Waals surface area (Å²) in [6.07, 6.45) is 6.13. The Balaban J connectivity index is 1.76. The number of aliphatic hydroxyl groups excluding tert-OH is 1. The minimum atomic E-state index is -0.946. The molecule has 0 unspecified atom stereocenters. The van der Waals surface area contributed by atoms with Crippen LogP contribution in [0.2, 0.25) is 0 Å². The fourth-order valence-electron chi connectivity index (χ4n) is 6.25. The molecule has 0 aromatic heterocycles. The van der Waals surface area contributed by atoms with Crippen molar-refractivity contribution in [2.45, 2.75) is 55.5 Å². The van der Waals surface area contributed by atoms with Crippen molar-refractivity contribution < 1.29 is 24.5 Å². The number of hydrogen-bond acceptors (Lipinski definition) is 5. The van der Waals surface area contributed by atoms with Crippen LogP contribution in [-0.2, 0) is 14.3 Å². The summed E-state index contributed by atoms with van der Waals surface area (Å²) < 4.78 is 11.3. The predicted octanol–water partition coefficient (Wildman–Crippen LogP) is 1.41. The molecule has 0 amide bonds. The third kappa shape index (κ3) is 1.42. The molecule has 0 aromatic carbocycles. The molecule has 3 fully saturated rings. The number of aliphatic hydroxyl groups is 2. The molecule has 128 valence electrons. The molecular formula is C19H22O5. The Morgan fingerprint density at radius 2 is 2.29 bits per heavy atom. The summed E-state index contributed by atoms with van der Waals surface area (Å²) in [5.41, 5.74) is -0.176. The lowest BCUT2D eigenvalue weighted by Gasteiger charge is -2.55. The molecule has 5 rings (SSSR count). The second-order valence-corrected chi connectivity index (χ2v) is 8.11. The van der Waals surface area contributed by atoms with Gasteiger partial charge in [0.2, 0.25) is 0 Å². The molecule has 5 heteroatoms. The summed E-state index contributed by atoms with van der Waals surface area (Å²) in [7, 11) is 1.34. The Kier molecular flexibility index (Phi) is 2.61. The number of methoxy groups -OCH3 is 1. The molecule has 6 atom stereocenters. The number of rotatable bonds is 1. The monoisotopic (exact) mass is 330 g/mol. The van der Waals surface area contributed by atoms with E-state index in [1.807, 2.05) is 0 Å². The third-order valence-electron chi connectivity index (χ3n) is 7.21. The Morgan fingerprint density at radius 3 is 3.00 bits per heavy atom. The van der Waals surface area contributed by atoms with Gasteiger partial charge in [0.05, 0.1) is 30.5 Å². The molecule has 5 aliphatic rings. The summed E-state index contributed by atoms with van der Waals surface area (Å²) in [4.78, 5) is 12.5. The number of fused-ring (bicyclic) bond motifs is 2. The van der Waals surface area contributed by atoms with Crippen molar-refractivity contribution in [2.75, 3.05) is 7.11 Å². The quantitative estimate of drug-likeness (QED) is 0.561. The minimum absolute atomic E-state index is 0.0348. The van der Waals surface area contributed by atoms with Crippen molar-refractivity contribution >= 4 is 5.97 Å². The third-order valence-corrected chi connectivity index (χ3v) is 7.21. The highest BCUT2D eigenvalue weighted by Gasteiger charge is 2.71. The highest BCUT2D eigenvalue weighted by Crippen LogP contribution is 2.70. The van der Waals surface area contributed by atoms with E-state index in [-0.39, 0.29) is 12.0 Å². The molecule has 1 saturated heterocycles. The maximum atomic E-state index is 12.5. The van der Waals surface area contributed by atoms with E-state index in [1.165, 1.54) is 7.11 Å². The average Bonchev–Trinajstić information content (AvgIpc) is 3.18. The van der Waals surface area contributed by atoms with E-state index < -0.39 is 28.7 Å². The Labute approximate surface area is 140 Å². The molecule has 0 aromatic rings. The van der Waals surface area contributed by atoms with Gasteiger partial charge in [0, 0.05) is 17.8 Å². The van der Waals surface area contributed by atoms with Crippen molar-refractivity contribution in [3.05, 3.63) is 35.5 Å². The Bertz CT molecular complexity index is 736. The van der Waals surface area contributed by atoms with Gasteiger partial charge in [-0.05, 0) is 42.9 Å². The fraction of sp³-hybridized carbons (Fsp3) is 0.632. The zero-order chi connectivity index (χ0) is 16.9. The van der Waals surface area contributed by atoms with Crippen LogP contribution < -0.4 is 0 Å². The highest BCUT2D eigenvalue weighted by molar-refractivity contribution is 5.92. The van der Waals surface area contributed by atoms with Gasteiger partial charge in [-0.25, -0.2) is 4.79 Å². The summed E-state index contributed by atoms with van der Waals surface area (Å²) in [6, 6.07) is 0. The summed E-state index contributed by atoms with van der Waals surface area (Å²) >= 11 is 0. The summed E-state index contributed by atoms with van der Waals surface area (Å²) in [5.74, 6) is -0.437. The molecule has 3 aliphatic carbocycles. The number of carbonyl (C=O) groups excluding carboxylic acids is 1. The number of ether oxygens (including phenoxy) is 2. The summed E-state index contributed by atoms with van der Waals surface area (Å²) in [6.45, 7) is 4.07. The van der Waals surface area contributed by atoms with Gasteiger partial charge in [-0.3, -0.25) is 0 Å². The first-order valence-electron chi connectivity index (χ1n) is 8.64. The first kappa shape index (κ1) is 14.9. The van der Waals surface area contributed by atoms with Crippen molar-refractivity contribution in [1.29, 1.82) is 0 Å². The molecule has 2 heterocycles. The average molecular weight is 330 g/mol. The van der Waals surface area contributed by atoms with Gasteiger partial charge in [-0.15, -0.1) is 0 Å². The van der Waals surface area contributed by atoms with Crippen LogP contribution in [0.25, 0.3) is 0 Å². The maximum Gasteiger partial charge on any atom is 0.336 e. The van der Waals surface area contributed by atoms with Gasteiger partial charge in [0.15, 0.2) is 0 Å². The molecule has 24 heavy (non-hydrogen) atoms. The molecular weight excluding hydrogens is 308 g/mol. The number of hydrogen-bond donors (Lipinski definition) is 2. The van der Waals surface area contributed by atoms with Crippen LogP contribution >= 0.6 is 0 Å². The minimum Gasteiger partial charge on any atom is -0.466 e. The topological polar surface area (TPSA) is 76.0 Å². The lowest BCUT2D eigenvalue weighted by atomic mass is 9.51. The van der Waals surface area contributed by atoms with Crippen molar-refractivity contribution in [3.63, 3.8) is 0 Å². The molecule has 0 radical (unpaired) electrons. The van der Waals surface area contributed by atoms with Crippen LogP contribution in [0.15, 0.2) is 35.5 Å². The van der Waals surface area contributed by atoms with Crippen molar-refractivity contribution in [3.8, 4) is 0 Å². The van der Waals surface area contributed by atoms with Crippen LogP contribution in [0, 0.1) is 11.3 Å².